The van der Waals surface area contributed by atoms with Gasteiger partial charge >= 0.3 is 5.30 Å². The number of anilines is 1. The van der Waals surface area contributed by atoms with Gasteiger partial charge in [0, 0.05) is 21.7 Å². The van der Waals surface area contributed by atoms with Crippen molar-refractivity contribution in [3.05, 3.63) is 120 Å². The molecule has 12 heteroatoms. The number of tetrazole rings is 1. The molecule has 0 aliphatic carbocycles. The Balaban J connectivity index is 0.931. The summed E-state index contributed by atoms with van der Waals surface area (Å²) in [5, 5.41) is 27.3. The average Bonchev–Trinajstić information content (AvgIpc) is 3.72. The second-order valence-electron chi connectivity index (χ2n) is 14.1. The van der Waals surface area contributed by atoms with Crippen LogP contribution in [0.25, 0.3) is 16.5 Å². The molecule has 2 N–H and O–H groups in total. The van der Waals surface area contributed by atoms with Gasteiger partial charge in [-0.05, 0) is 100 Å². The zero-order chi connectivity index (χ0) is 40.4. The fourth-order valence-electron chi connectivity index (χ4n) is 6.56. The minimum atomic E-state index is -0.528. The molecule has 0 atom stereocenters. The van der Waals surface area contributed by atoms with Crippen LogP contribution in [0.15, 0.2) is 119 Å². The third-order valence-electron chi connectivity index (χ3n) is 9.74. The zero-order valence-corrected chi connectivity index (χ0v) is 34.6. The van der Waals surface area contributed by atoms with E-state index in [1.807, 2.05) is 54.6 Å². The van der Waals surface area contributed by atoms with E-state index in [9.17, 15) is 14.7 Å². The lowest BCUT2D eigenvalue weighted by Crippen LogP contribution is -2.12. The van der Waals surface area contributed by atoms with Crippen LogP contribution in [0.2, 0.25) is 0 Å². The lowest BCUT2D eigenvalue weighted by Gasteiger charge is -2.12. The van der Waals surface area contributed by atoms with Crippen LogP contribution in [0.1, 0.15) is 99.9 Å². The van der Waals surface area contributed by atoms with E-state index in [1.165, 1.54) is 82.4 Å². The van der Waals surface area contributed by atoms with Crippen LogP contribution in [-0.2, 0) is 5.75 Å². The Morgan fingerprint density at radius 1 is 0.707 bits per heavy atom. The number of rotatable bonds is 22. The summed E-state index contributed by atoms with van der Waals surface area (Å²) < 4.78 is 13.2. The summed E-state index contributed by atoms with van der Waals surface area (Å²) in [4.78, 5) is 26.8. The molecule has 1 aromatic heterocycles. The number of carbonyl (C=O) groups excluding carboxylic acids is 2. The van der Waals surface area contributed by atoms with Crippen molar-refractivity contribution in [2.24, 2.45) is 0 Å². The van der Waals surface area contributed by atoms with Gasteiger partial charge in [0.1, 0.15) is 17.2 Å². The molecule has 0 spiro atoms. The van der Waals surface area contributed by atoms with Crippen LogP contribution in [0, 0.1) is 0 Å². The van der Waals surface area contributed by atoms with Crippen molar-refractivity contribution in [3.8, 4) is 22.9 Å². The second-order valence-corrected chi connectivity index (χ2v) is 16.0. The number of ether oxygens (including phenoxy) is 2. The lowest BCUT2D eigenvalue weighted by atomic mass is 10.0. The Morgan fingerprint density at radius 2 is 1.38 bits per heavy atom. The molecule has 6 rings (SSSR count). The summed E-state index contributed by atoms with van der Waals surface area (Å²) in [6.45, 7) is 2.93. The van der Waals surface area contributed by atoms with Crippen molar-refractivity contribution in [3.63, 3.8) is 0 Å². The van der Waals surface area contributed by atoms with E-state index >= 15 is 0 Å². The van der Waals surface area contributed by atoms with Crippen molar-refractivity contribution in [2.45, 2.75) is 99.8 Å². The third kappa shape index (κ3) is 12.6. The maximum absolute atomic E-state index is 13.2. The van der Waals surface area contributed by atoms with Crippen molar-refractivity contribution in [1.82, 2.24) is 20.2 Å². The number of amides is 1. The molecule has 0 unspecified atom stereocenters. The van der Waals surface area contributed by atoms with Gasteiger partial charge in [0.2, 0.25) is 5.16 Å². The van der Waals surface area contributed by atoms with E-state index < -0.39 is 11.2 Å². The Bertz CT molecular complexity index is 2200. The molecule has 0 fully saturated rings. The van der Waals surface area contributed by atoms with Crippen LogP contribution < -0.4 is 14.8 Å². The Morgan fingerprint density at radius 3 is 2.09 bits per heavy atom. The molecular weight excluding hydrogens is 767 g/mol. The summed E-state index contributed by atoms with van der Waals surface area (Å²) in [5.74, 6) is 1.17. The highest BCUT2D eigenvalue weighted by atomic mass is 32.2. The second kappa shape index (κ2) is 22.6. The van der Waals surface area contributed by atoms with Gasteiger partial charge in [-0.2, -0.15) is 4.68 Å². The predicted molar refractivity (Wildman–Crippen MR) is 234 cm³/mol. The smallest absolute Gasteiger partial charge is 0.377 e. The van der Waals surface area contributed by atoms with Gasteiger partial charge in [-0.25, -0.2) is 4.79 Å². The number of aromatic nitrogens is 4. The van der Waals surface area contributed by atoms with E-state index in [4.69, 9.17) is 9.47 Å². The largest absolute Gasteiger partial charge is 0.506 e. The van der Waals surface area contributed by atoms with Gasteiger partial charge in [-0.3, -0.25) is 4.79 Å². The number of phenols is 1. The molecule has 0 saturated carbocycles. The molecule has 0 radical (unpaired) electrons. The molecule has 0 bridgehead atoms. The highest BCUT2D eigenvalue weighted by Gasteiger charge is 2.18. The van der Waals surface area contributed by atoms with Crippen LogP contribution in [-0.4, -0.2) is 43.1 Å². The molecule has 302 valence electrons. The first-order chi connectivity index (χ1) is 28.5. The predicted octanol–water partition coefficient (Wildman–Crippen LogP) is 12.4. The number of para-hydroxylation sites is 1. The van der Waals surface area contributed by atoms with E-state index in [0.29, 0.717) is 44.6 Å². The molecule has 0 aliphatic rings. The molecule has 10 nitrogen and oxygen atoms in total. The number of phenolic OH excluding ortho intramolecular Hbond substituents is 1. The van der Waals surface area contributed by atoms with Gasteiger partial charge < -0.3 is 19.9 Å². The summed E-state index contributed by atoms with van der Waals surface area (Å²) in [6, 6.07) is 32.7. The van der Waals surface area contributed by atoms with Crippen molar-refractivity contribution < 1.29 is 24.2 Å². The summed E-state index contributed by atoms with van der Waals surface area (Å²) >= 11 is 2.41. The normalized spacial score (nSPS) is 11.1. The van der Waals surface area contributed by atoms with Gasteiger partial charge in [-0.1, -0.05) is 138 Å². The number of benzene rings is 5. The number of nitrogens with zero attached hydrogens (tertiary/aromatic N) is 4. The first-order valence-electron chi connectivity index (χ1n) is 20.2. The van der Waals surface area contributed by atoms with Gasteiger partial charge in [0.25, 0.3) is 5.91 Å². The third-order valence-corrected chi connectivity index (χ3v) is 11.6. The highest BCUT2D eigenvalue weighted by Crippen LogP contribution is 2.36. The quantitative estimate of drug-likeness (QED) is 0.0388. The van der Waals surface area contributed by atoms with Gasteiger partial charge in [0.05, 0.1) is 17.9 Å². The van der Waals surface area contributed by atoms with E-state index in [-0.39, 0.29) is 11.3 Å². The molecule has 1 heterocycles. The number of carbonyl (C=O) groups is 2. The number of hydrogen-bond acceptors (Lipinski definition) is 10. The van der Waals surface area contributed by atoms with E-state index in [1.54, 1.807) is 59.3 Å². The van der Waals surface area contributed by atoms with Crippen LogP contribution in [0.3, 0.4) is 0 Å². The number of unbranched alkanes of at least 4 members (excludes halogenated alkanes) is 11. The first-order valence-corrected chi connectivity index (χ1v) is 22.0. The summed E-state index contributed by atoms with van der Waals surface area (Å²) in [6.07, 6.45) is 15.6. The first kappa shape index (κ1) is 42.3. The van der Waals surface area contributed by atoms with Crippen LogP contribution >= 0.6 is 23.5 Å². The van der Waals surface area contributed by atoms with Gasteiger partial charge in [0.15, 0.2) is 0 Å². The van der Waals surface area contributed by atoms with Crippen molar-refractivity contribution >= 4 is 51.2 Å². The molecule has 1 amide bonds. The Labute approximate surface area is 349 Å². The maximum Gasteiger partial charge on any atom is 0.377 e. The lowest BCUT2D eigenvalue weighted by molar-refractivity contribution is 0.102. The number of nitrogens with one attached hydrogen (secondary N) is 1. The molecule has 6 aromatic rings. The van der Waals surface area contributed by atoms with Crippen LogP contribution in [0.5, 0.6) is 17.2 Å². The topological polar surface area (TPSA) is 128 Å². The molecule has 0 aliphatic heterocycles. The fraction of sp³-hybridized carbons (Fsp3) is 0.326. The number of fused-ring (bicyclic) bond motifs is 1. The SMILES string of the molecule is CCCCCCCCCCCCCCOc1ccc(NC(=O)c2ccc3c(SC(=O)Oc4ccc(CSc5nnnn5-c5ccccc5)cc4)cccc3c2O)cc1. The number of aromatic hydroxyl groups is 1. The zero-order valence-electron chi connectivity index (χ0n) is 33.0. The monoisotopic (exact) mass is 817 g/mol. The van der Waals surface area contributed by atoms with Gasteiger partial charge in [-0.15, -0.1) is 5.10 Å². The summed E-state index contributed by atoms with van der Waals surface area (Å²) in [5.41, 5.74) is 2.60. The Kier molecular flexibility index (Phi) is 16.5. The van der Waals surface area contributed by atoms with Crippen LogP contribution in [0.4, 0.5) is 10.5 Å². The minimum absolute atomic E-state index is 0.124. The highest BCUT2D eigenvalue weighted by molar-refractivity contribution is 8.13. The van der Waals surface area contributed by atoms with E-state index in [2.05, 4.69) is 27.8 Å². The van der Waals surface area contributed by atoms with Crippen molar-refractivity contribution in [2.75, 3.05) is 11.9 Å². The molecule has 0 saturated heterocycles. The van der Waals surface area contributed by atoms with E-state index in [0.717, 1.165) is 35.2 Å². The average molecular weight is 818 g/mol. The number of thioether (sulfide) groups is 2. The minimum Gasteiger partial charge on any atom is -0.506 e. The molecule has 5 aromatic carbocycles. The molecule has 58 heavy (non-hydrogen) atoms. The fourth-order valence-corrected chi connectivity index (χ4v) is 8.16. The summed E-state index contributed by atoms with van der Waals surface area (Å²) in [7, 11) is 0. The number of hydrogen-bond donors (Lipinski definition) is 2. The molecular formula is C46H51N5O5S2. The maximum atomic E-state index is 13.2. The Hall–Kier alpha value is -5.33. The standard InChI is InChI=1S/C46H51N5O5S2/c1-2-3-4-5-6-7-8-9-10-11-12-16-32-55-37-28-24-35(25-29-37)47-44(53)41-31-30-39-40(43(41)52)20-17-21-42(39)58-46(54)56-38-26-22-34(23-27-38)33-57-45-48-49-50-51(45)36-18-14-13-15-19-36/h13-15,17-31,52H,2-12,16,32-33H2,1H3,(H,47,53). The van der Waals surface area contributed by atoms with Crippen molar-refractivity contribution in [1.29, 1.82) is 0 Å².